The Morgan fingerprint density at radius 1 is 1.53 bits per heavy atom. The van der Waals surface area contributed by atoms with Crippen molar-refractivity contribution in [1.29, 1.82) is 0 Å². The molecule has 7 nitrogen and oxygen atoms in total. The molecule has 0 spiro atoms. The molecule has 2 aromatic rings. The van der Waals surface area contributed by atoms with Gasteiger partial charge in [0.1, 0.15) is 12.2 Å². The Balaban J connectivity index is 2.50. The molecule has 0 radical (unpaired) electrons. The highest BCUT2D eigenvalue weighted by Crippen LogP contribution is 2.22. The van der Waals surface area contributed by atoms with Gasteiger partial charge in [0, 0.05) is 18.3 Å². The Morgan fingerprint density at radius 2 is 2.26 bits per heavy atom. The highest BCUT2D eigenvalue weighted by atomic mass is 19.3. The number of rotatable bonds is 5. The molecule has 2 aromatic heterocycles. The summed E-state index contributed by atoms with van der Waals surface area (Å²) in [6, 6.07) is 0. The molecule has 9 heteroatoms. The molecule has 0 fully saturated rings. The summed E-state index contributed by atoms with van der Waals surface area (Å²) in [6.45, 7) is 1.72. The van der Waals surface area contributed by atoms with Crippen LogP contribution in [0.15, 0.2) is 12.4 Å². The normalized spacial score (nSPS) is 11.2. The molecule has 0 unspecified atom stereocenters. The van der Waals surface area contributed by atoms with Gasteiger partial charge in [0.25, 0.3) is 6.43 Å². The number of carbonyl (C=O) groups is 1. The molecule has 0 aliphatic heterocycles. The largest absolute Gasteiger partial charge is 0.476 e. The standard InChI is InChI=1S/C10H11F2N5O2/c1-2-16-4-6(3-13-16)9-8(10(18)19)14-15-17(9)5-7(11)12/h3-4,7H,2,5H2,1H3,(H,18,19). The highest BCUT2D eigenvalue weighted by Gasteiger charge is 2.23. The Morgan fingerprint density at radius 3 is 2.79 bits per heavy atom. The van der Waals surface area contributed by atoms with E-state index >= 15 is 0 Å². The first-order valence-corrected chi connectivity index (χ1v) is 5.50. The van der Waals surface area contributed by atoms with Gasteiger partial charge in [-0.25, -0.2) is 18.3 Å². The molecule has 1 N–H and O–H groups in total. The molecule has 0 aliphatic rings. The minimum absolute atomic E-state index is 0.0347. The molecule has 0 aliphatic carbocycles. The lowest BCUT2D eigenvalue weighted by Gasteiger charge is -2.04. The number of alkyl halides is 2. The van der Waals surface area contributed by atoms with Gasteiger partial charge in [0.05, 0.1) is 6.20 Å². The summed E-state index contributed by atoms with van der Waals surface area (Å²) in [4.78, 5) is 11.0. The molecule has 0 amide bonds. The molecule has 0 bridgehead atoms. The lowest BCUT2D eigenvalue weighted by molar-refractivity contribution is 0.0691. The van der Waals surface area contributed by atoms with Crippen LogP contribution in [0.5, 0.6) is 0 Å². The summed E-state index contributed by atoms with van der Waals surface area (Å²) in [7, 11) is 0. The van der Waals surface area contributed by atoms with Crippen LogP contribution in [0.4, 0.5) is 8.78 Å². The fraction of sp³-hybridized carbons (Fsp3) is 0.400. The molecule has 19 heavy (non-hydrogen) atoms. The van der Waals surface area contributed by atoms with Crippen molar-refractivity contribution in [2.75, 3.05) is 0 Å². The van der Waals surface area contributed by atoms with E-state index in [1.54, 1.807) is 10.9 Å². The summed E-state index contributed by atoms with van der Waals surface area (Å²) in [6.07, 6.45) is 0.312. The summed E-state index contributed by atoms with van der Waals surface area (Å²) in [5.74, 6) is -1.32. The summed E-state index contributed by atoms with van der Waals surface area (Å²) >= 11 is 0. The second-order valence-electron chi connectivity index (χ2n) is 3.75. The molecule has 0 saturated carbocycles. The summed E-state index contributed by atoms with van der Waals surface area (Å²) in [5.41, 5.74) is 0.0636. The first-order valence-electron chi connectivity index (χ1n) is 5.50. The van der Waals surface area contributed by atoms with Crippen molar-refractivity contribution in [2.45, 2.75) is 26.4 Å². The second-order valence-corrected chi connectivity index (χ2v) is 3.75. The highest BCUT2D eigenvalue weighted by molar-refractivity contribution is 5.92. The van der Waals surface area contributed by atoms with Crippen LogP contribution in [-0.2, 0) is 13.1 Å². The Bertz CT molecular complexity index is 593. The summed E-state index contributed by atoms with van der Waals surface area (Å²) in [5, 5.41) is 19.9. The first kappa shape index (κ1) is 13.1. The van der Waals surface area contributed by atoms with E-state index < -0.39 is 18.9 Å². The van der Waals surface area contributed by atoms with Crippen molar-refractivity contribution in [1.82, 2.24) is 24.8 Å². The number of aryl methyl sites for hydroxylation is 1. The van der Waals surface area contributed by atoms with E-state index in [-0.39, 0.29) is 11.4 Å². The van der Waals surface area contributed by atoms with Crippen LogP contribution in [0.25, 0.3) is 11.3 Å². The number of nitrogens with zero attached hydrogens (tertiary/aromatic N) is 5. The number of carboxylic acid groups (broad SMARTS) is 1. The van der Waals surface area contributed by atoms with Gasteiger partial charge in [0.2, 0.25) is 0 Å². The van der Waals surface area contributed by atoms with Crippen LogP contribution in [0.1, 0.15) is 17.4 Å². The Labute approximate surface area is 106 Å². The zero-order valence-electron chi connectivity index (χ0n) is 9.99. The third kappa shape index (κ3) is 2.59. The number of hydrogen-bond donors (Lipinski definition) is 1. The number of aromatic carboxylic acids is 1. The van der Waals surface area contributed by atoms with E-state index in [0.29, 0.717) is 12.1 Å². The van der Waals surface area contributed by atoms with Gasteiger partial charge in [-0.2, -0.15) is 5.10 Å². The predicted molar refractivity (Wildman–Crippen MR) is 59.9 cm³/mol. The van der Waals surface area contributed by atoms with Gasteiger partial charge in [-0.1, -0.05) is 5.21 Å². The molecule has 2 rings (SSSR count). The third-order valence-electron chi connectivity index (χ3n) is 2.48. The van der Waals surface area contributed by atoms with Gasteiger partial charge in [-0.3, -0.25) is 4.68 Å². The topological polar surface area (TPSA) is 85.8 Å². The van der Waals surface area contributed by atoms with Gasteiger partial charge in [-0.15, -0.1) is 5.10 Å². The van der Waals surface area contributed by atoms with Crippen LogP contribution in [0.2, 0.25) is 0 Å². The van der Waals surface area contributed by atoms with Crippen molar-refractivity contribution < 1.29 is 18.7 Å². The van der Waals surface area contributed by atoms with E-state index in [2.05, 4.69) is 15.4 Å². The van der Waals surface area contributed by atoms with Crippen molar-refractivity contribution in [3.63, 3.8) is 0 Å². The van der Waals surface area contributed by atoms with Crippen molar-refractivity contribution in [3.05, 3.63) is 18.1 Å². The lowest BCUT2D eigenvalue weighted by atomic mass is 10.2. The van der Waals surface area contributed by atoms with E-state index in [1.807, 2.05) is 6.92 Å². The molecular weight excluding hydrogens is 260 g/mol. The second kappa shape index (κ2) is 5.12. The van der Waals surface area contributed by atoms with E-state index in [9.17, 15) is 13.6 Å². The maximum atomic E-state index is 12.4. The molecule has 0 saturated heterocycles. The van der Waals surface area contributed by atoms with E-state index in [0.717, 1.165) is 4.68 Å². The Kier molecular flexibility index (Phi) is 3.54. The average Bonchev–Trinajstić information content (AvgIpc) is 2.93. The molecule has 0 aromatic carbocycles. The molecule has 102 valence electrons. The van der Waals surface area contributed by atoms with Crippen LogP contribution in [0.3, 0.4) is 0 Å². The number of halogens is 2. The maximum absolute atomic E-state index is 12.4. The number of hydrogen-bond acceptors (Lipinski definition) is 4. The van der Waals surface area contributed by atoms with E-state index in [4.69, 9.17) is 5.11 Å². The van der Waals surface area contributed by atoms with Crippen LogP contribution in [-0.4, -0.2) is 42.3 Å². The maximum Gasteiger partial charge on any atom is 0.358 e. The van der Waals surface area contributed by atoms with Crippen LogP contribution < -0.4 is 0 Å². The minimum Gasteiger partial charge on any atom is -0.476 e. The quantitative estimate of drug-likeness (QED) is 0.880. The SMILES string of the molecule is CCn1cc(-c2c(C(=O)O)nnn2CC(F)F)cn1. The predicted octanol–water partition coefficient (Wildman–Crippen LogP) is 1.12. The third-order valence-corrected chi connectivity index (χ3v) is 2.48. The monoisotopic (exact) mass is 271 g/mol. The van der Waals surface area contributed by atoms with Crippen LogP contribution >= 0.6 is 0 Å². The molecular formula is C10H11F2N5O2. The van der Waals surface area contributed by atoms with Crippen LogP contribution in [0, 0.1) is 0 Å². The minimum atomic E-state index is -2.65. The van der Waals surface area contributed by atoms with Gasteiger partial charge >= 0.3 is 5.97 Å². The van der Waals surface area contributed by atoms with Crippen molar-refractivity contribution in [2.24, 2.45) is 0 Å². The number of carboxylic acids is 1. The molecule has 2 heterocycles. The fourth-order valence-corrected chi connectivity index (χ4v) is 1.66. The van der Waals surface area contributed by atoms with Gasteiger partial charge in [-0.05, 0) is 6.92 Å². The van der Waals surface area contributed by atoms with E-state index in [1.165, 1.54) is 6.20 Å². The smallest absolute Gasteiger partial charge is 0.358 e. The number of aromatic nitrogens is 5. The van der Waals surface area contributed by atoms with Gasteiger partial charge < -0.3 is 5.11 Å². The fourth-order valence-electron chi connectivity index (χ4n) is 1.66. The first-order chi connectivity index (χ1) is 9.02. The Hall–Kier alpha value is -2.32. The zero-order valence-corrected chi connectivity index (χ0v) is 9.99. The van der Waals surface area contributed by atoms with Gasteiger partial charge in [0.15, 0.2) is 5.69 Å². The average molecular weight is 271 g/mol. The van der Waals surface area contributed by atoms with Crippen molar-refractivity contribution >= 4 is 5.97 Å². The summed E-state index contributed by atoms with van der Waals surface area (Å²) < 4.78 is 27.3. The zero-order chi connectivity index (χ0) is 14.0. The van der Waals surface area contributed by atoms with Crippen molar-refractivity contribution in [3.8, 4) is 11.3 Å². The molecule has 0 atom stereocenters. The lowest BCUT2D eigenvalue weighted by Crippen LogP contribution is -2.10.